The van der Waals surface area contributed by atoms with Crippen molar-refractivity contribution < 1.29 is 13.2 Å². The Morgan fingerprint density at radius 1 is 1.26 bits per heavy atom. The Labute approximate surface area is 158 Å². The lowest BCUT2D eigenvalue weighted by molar-refractivity contribution is -0.136. The standard InChI is InChI=1S/C19H18F3N3OS/c1-4-11(3)25-16-15(17(26)24-18(25)27)13(19(20,21)22)9-14(23-16)12-7-5-10(2)6-8-12/h5-9,11H,4H2,1-3H3,(H,24,26,27)/t11-/m0/s1. The minimum atomic E-state index is -4.70. The summed E-state index contributed by atoms with van der Waals surface area (Å²) in [4.78, 5) is 19.1. The van der Waals surface area contributed by atoms with Crippen molar-refractivity contribution in [2.24, 2.45) is 0 Å². The van der Waals surface area contributed by atoms with E-state index in [-0.39, 0.29) is 22.2 Å². The van der Waals surface area contributed by atoms with Crippen LogP contribution in [0.15, 0.2) is 35.1 Å². The van der Waals surface area contributed by atoms with Gasteiger partial charge in [0, 0.05) is 11.6 Å². The highest BCUT2D eigenvalue weighted by molar-refractivity contribution is 7.71. The van der Waals surface area contributed by atoms with Crippen LogP contribution < -0.4 is 5.56 Å². The first-order valence-electron chi connectivity index (χ1n) is 8.47. The van der Waals surface area contributed by atoms with E-state index in [2.05, 4.69) is 9.97 Å². The molecule has 0 aliphatic heterocycles. The van der Waals surface area contributed by atoms with Crippen molar-refractivity contribution >= 4 is 23.3 Å². The van der Waals surface area contributed by atoms with Crippen LogP contribution in [0.2, 0.25) is 0 Å². The smallest absolute Gasteiger partial charge is 0.300 e. The molecule has 0 fully saturated rings. The fraction of sp³-hybridized carbons (Fsp3) is 0.316. The molecule has 0 saturated carbocycles. The third-order valence-electron chi connectivity index (χ3n) is 4.58. The fourth-order valence-corrected chi connectivity index (χ4v) is 3.29. The second-order valence-electron chi connectivity index (χ2n) is 6.50. The Balaban J connectivity index is 2.49. The van der Waals surface area contributed by atoms with Gasteiger partial charge in [0.1, 0.15) is 5.65 Å². The van der Waals surface area contributed by atoms with Crippen LogP contribution in [0.1, 0.15) is 37.4 Å². The molecule has 0 radical (unpaired) electrons. The third kappa shape index (κ3) is 3.53. The monoisotopic (exact) mass is 393 g/mol. The van der Waals surface area contributed by atoms with Gasteiger partial charge in [-0.1, -0.05) is 36.8 Å². The summed E-state index contributed by atoms with van der Waals surface area (Å²) in [5, 5.41) is -0.493. The van der Waals surface area contributed by atoms with Gasteiger partial charge in [0.15, 0.2) is 4.77 Å². The predicted molar refractivity (Wildman–Crippen MR) is 101 cm³/mol. The molecule has 0 bridgehead atoms. The summed E-state index contributed by atoms with van der Waals surface area (Å²) < 4.78 is 42.8. The van der Waals surface area contributed by atoms with Crippen LogP contribution in [0, 0.1) is 11.7 Å². The predicted octanol–water partition coefficient (Wildman–Crippen LogP) is 5.42. The molecule has 0 saturated heterocycles. The summed E-state index contributed by atoms with van der Waals surface area (Å²) in [5.41, 5.74) is -0.291. The first kappa shape index (κ1) is 19.3. The number of H-pyrrole nitrogens is 1. The molecule has 0 unspecified atom stereocenters. The summed E-state index contributed by atoms with van der Waals surface area (Å²) in [6.45, 7) is 5.59. The Morgan fingerprint density at radius 2 is 1.89 bits per heavy atom. The molecule has 3 rings (SSSR count). The first-order chi connectivity index (χ1) is 12.6. The van der Waals surface area contributed by atoms with Crippen molar-refractivity contribution in [3.05, 3.63) is 56.6 Å². The van der Waals surface area contributed by atoms with Crippen LogP contribution in [0.5, 0.6) is 0 Å². The maximum Gasteiger partial charge on any atom is 0.417 e. The topological polar surface area (TPSA) is 50.7 Å². The van der Waals surface area contributed by atoms with E-state index >= 15 is 0 Å². The number of aryl methyl sites for hydroxylation is 1. The normalized spacial score (nSPS) is 13.1. The number of alkyl halides is 3. The van der Waals surface area contributed by atoms with E-state index in [1.54, 1.807) is 24.3 Å². The highest BCUT2D eigenvalue weighted by atomic mass is 32.1. The third-order valence-corrected chi connectivity index (χ3v) is 4.88. The number of nitrogens with one attached hydrogen (secondary N) is 1. The number of halogens is 3. The van der Waals surface area contributed by atoms with E-state index in [9.17, 15) is 18.0 Å². The Hall–Kier alpha value is -2.48. The van der Waals surface area contributed by atoms with Gasteiger partial charge in [0.25, 0.3) is 5.56 Å². The highest BCUT2D eigenvalue weighted by Gasteiger charge is 2.35. The van der Waals surface area contributed by atoms with Gasteiger partial charge in [-0.15, -0.1) is 0 Å². The van der Waals surface area contributed by atoms with Crippen molar-refractivity contribution in [1.82, 2.24) is 14.5 Å². The van der Waals surface area contributed by atoms with Gasteiger partial charge in [-0.2, -0.15) is 13.2 Å². The van der Waals surface area contributed by atoms with Crippen LogP contribution in [-0.4, -0.2) is 14.5 Å². The minimum Gasteiger partial charge on any atom is -0.300 e. The maximum atomic E-state index is 13.8. The Kier molecular flexibility index (Phi) is 4.94. The van der Waals surface area contributed by atoms with E-state index in [0.717, 1.165) is 11.6 Å². The lowest BCUT2D eigenvalue weighted by Gasteiger charge is -2.19. The van der Waals surface area contributed by atoms with Crippen molar-refractivity contribution in [2.75, 3.05) is 0 Å². The SMILES string of the molecule is CC[C@H](C)n1c(=S)[nH]c(=O)c2c(C(F)(F)F)cc(-c3ccc(C)cc3)nc21. The molecule has 0 aliphatic rings. The number of hydrogen-bond acceptors (Lipinski definition) is 3. The molecular weight excluding hydrogens is 375 g/mol. The van der Waals surface area contributed by atoms with Gasteiger partial charge in [-0.25, -0.2) is 4.98 Å². The number of hydrogen-bond donors (Lipinski definition) is 1. The number of rotatable bonds is 3. The van der Waals surface area contributed by atoms with Gasteiger partial charge in [0.05, 0.1) is 16.6 Å². The number of fused-ring (bicyclic) bond motifs is 1. The van der Waals surface area contributed by atoms with Crippen molar-refractivity contribution in [3.63, 3.8) is 0 Å². The van der Waals surface area contributed by atoms with Crippen LogP contribution in [-0.2, 0) is 6.18 Å². The molecular formula is C19H18F3N3OS. The van der Waals surface area contributed by atoms with E-state index in [1.165, 1.54) is 4.57 Å². The molecule has 142 valence electrons. The quantitative estimate of drug-likeness (QED) is 0.605. The molecule has 27 heavy (non-hydrogen) atoms. The van der Waals surface area contributed by atoms with E-state index in [1.807, 2.05) is 20.8 Å². The van der Waals surface area contributed by atoms with Gasteiger partial charge in [0.2, 0.25) is 0 Å². The fourth-order valence-electron chi connectivity index (χ4n) is 2.93. The number of benzene rings is 1. The zero-order chi connectivity index (χ0) is 19.9. The lowest BCUT2D eigenvalue weighted by Crippen LogP contribution is -2.22. The molecule has 0 amide bonds. The van der Waals surface area contributed by atoms with Gasteiger partial charge in [-0.3, -0.25) is 14.3 Å². The van der Waals surface area contributed by atoms with Crippen LogP contribution in [0.25, 0.3) is 22.3 Å². The molecule has 0 aliphatic carbocycles. The van der Waals surface area contributed by atoms with Crippen LogP contribution >= 0.6 is 12.2 Å². The minimum absolute atomic E-state index is 0.0523. The maximum absolute atomic E-state index is 13.8. The second-order valence-corrected chi connectivity index (χ2v) is 6.89. The van der Waals surface area contributed by atoms with E-state index in [4.69, 9.17) is 12.2 Å². The number of nitrogens with zero attached hydrogens (tertiary/aromatic N) is 2. The zero-order valence-corrected chi connectivity index (χ0v) is 15.8. The van der Waals surface area contributed by atoms with Crippen LogP contribution in [0.3, 0.4) is 0 Å². The molecule has 0 spiro atoms. The first-order valence-corrected chi connectivity index (χ1v) is 8.88. The molecule has 1 atom stereocenters. The molecule has 3 aromatic rings. The zero-order valence-electron chi connectivity index (χ0n) is 15.0. The second kappa shape index (κ2) is 6.92. The molecule has 2 heterocycles. The average molecular weight is 393 g/mol. The van der Waals surface area contributed by atoms with Crippen molar-refractivity contribution in [3.8, 4) is 11.3 Å². The summed E-state index contributed by atoms with van der Waals surface area (Å²) in [7, 11) is 0. The highest BCUT2D eigenvalue weighted by Crippen LogP contribution is 2.36. The van der Waals surface area contributed by atoms with Crippen molar-refractivity contribution in [1.29, 1.82) is 0 Å². The van der Waals surface area contributed by atoms with Gasteiger partial charge in [-0.05, 0) is 38.6 Å². The Morgan fingerprint density at radius 3 is 2.44 bits per heavy atom. The summed E-state index contributed by atoms with van der Waals surface area (Å²) in [5.74, 6) is 0. The summed E-state index contributed by atoms with van der Waals surface area (Å²) in [6.07, 6.45) is -4.09. The largest absolute Gasteiger partial charge is 0.417 e. The van der Waals surface area contributed by atoms with Gasteiger partial charge < -0.3 is 0 Å². The summed E-state index contributed by atoms with van der Waals surface area (Å²) >= 11 is 5.21. The summed E-state index contributed by atoms with van der Waals surface area (Å²) in [6, 6.07) is 7.71. The average Bonchev–Trinajstić information content (AvgIpc) is 2.60. The van der Waals surface area contributed by atoms with E-state index < -0.39 is 22.7 Å². The van der Waals surface area contributed by atoms with Crippen LogP contribution in [0.4, 0.5) is 13.2 Å². The van der Waals surface area contributed by atoms with Crippen molar-refractivity contribution in [2.45, 2.75) is 39.4 Å². The number of aromatic amines is 1. The number of aromatic nitrogens is 3. The number of pyridine rings is 1. The molecule has 2 aromatic heterocycles. The molecule has 1 N–H and O–H groups in total. The molecule has 1 aromatic carbocycles. The van der Waals surface area contributed by atoms with Gasteiger partial charge >= 0.3 is 6.18 Å². The molecule has 8 heteroatoms. The Bertz CT molecular complexity index is 1110. The van der Waals surface area contributed by atoms with E-state index in [0.29, 0.717) is 12.0 Å². The molecule has 4 nitrogen and oxygen atoms in total. The lowest BCUT2D eigenvalue weighted by atomic mass is 10.0.